The fraction of sp³-hybridized carbons (Fsp3) is 0.353. The number of nitrogens with one attached hydrogen (secondary N) is 1. The van der Waals surface area contributed by atoms with Gasteiger partial charge in [-0.1, -0.05) is 42.1 Å². The summed E-state index contributed by atoms with van der Waals surface area (Å²) in [6, 6.07) is 8.83. The lowest BCUT2D eigenvalue weighted by Gasteiger charge is -2.19. The summed E-state index contributed by atoms with van der Waals surface area (Å²) in [6.45, 7) is 3.89. The number of nitrogens with zero attached hydrogens (tertiary/aromatic N) is 2. The number of urea groups is 1. The summed E-state index contributed by atoms with van der Waals surface area (Å²) in [5, 5.41) is 3.03. The fourth-order valence-electron chi connectivity index (χ4n) is 2.18. The van der Waals surface area contributed by atoms with Gasteiger partial charge in [-0.25, -0.2) is 4.79 Å². The summed E-state index contributed by atoms with van der Waals surface area (Å²) >= 11 is 1.05. The average Bonchev–Trinajstić information content (AvgIpc) is 2.58. The summed E-state index contributed by atoms with van der Waals surface area (Å²) in [4.78, 5) is 43.1. The standard InChI is InChI=1S/C17H19N3O4S/c1-3-24-16(22)14-11(2)19-17(23)20-15(14)25-10-13(21)18-9-12-7-5-4-6-8-12/h4-8,14H,3,9-10H2,1-2H3,(H,18,21). The van der Waals surface area contributed by atoms with Crippen LogP contribution in [-0.4, -0.2) is 41.0 Å². The molecule has 0 spiro atoms. The van der Waals surface area contributed by atoms with Gasteiger partial charge in [-0.2, -0.15) is 9.98 Å². The number of aliphatic imine (C=N–C) groups is 2. The third-order valence-electron chi connectivity index (χ3n) is 3.35. The number of esters is 1. The number of amides is 3. The van der Waals surface area contributed by atoms with E-state index in [1.54, 1.807) is 13.8 Å². The Morgan fingerprint density at radius 3 is 2.64 bits per heavy atom. The molecule has 1 unspecified atom stereocenters. The van der Waals surface area contributed by atoms with Crippen molar-refractivity contribution >= 4 is 40.4 Å². The molecule has 1 aliphatic heterocycles. The van der Waals surface area contributed by atoms with E-state index in [9.17, 15) is 14.4 Å². The molecule has 0 aromatic heterocycles. The molecule has 25 heavy (non-hydrogen) atoms. The van der Waals surface area contributed by atoms with Gasteiger partial charge in [-0.15, -0.1) is 0 Å². The summed E-state index contributed by atoms with van der Waals surface area (Å²) in [6.07, 6.45) is 0. The molecule has 1 aliphatic rings. The molecule has 0 fully saturated rings. The van der Waals surface area contributed by atoms with Crippen LogP contribution in [0.25, 0.3) is 0 Å². The van der Waals surface area contributed by atoms with Crippen molar-refractivity contribution in [2.24, 2.45) is 15.9 Å². The van der Waals surface area contributed by atoms with Crippen molar-refractivity contribution in [2.45, 2.75) is 20.4 Å². The maximum absolute atomic E-state index is 12.1. The predicted molar refractivity (Wildman–Crippen MR) is 96.8 cm³/mol. The van der Waals surface area contributed by atoms with Gasteiger partial charge in [0.25, 0.3) is 0 Å². The van der Waals surface area contributed by atoms with Crippen LogP contribution < -0.4 is 5.32 Å². The monoisotopic (exact) mass is 361 g/mol. The lowest BCUT2D eigenvalue weighted by atomic mass is 10.1. The molecule has 132 valence electrons. The molecule has 0 aliphatic carbocycles. The number of thioether (sulfide) groups is 1. The molecule has 3 amide bonds. The van der Waals surface area contributed by atoms with E-state index in [0.29, 0.717) is 12.3 Å². The average molecular weight is 361 g/mol. The van der Waals surface area contributed by atoms with E-state index in [2.05, 4.69) is 15.3 Å². The minimum atomic E-state index is -0.829. The third kappa shape index (κ3) is 5.53. The van der Waals surface area contributed by atoms with Crippen LogP contribution in [0.5, 0.6) is 0 Å². The van der Waals surface area contributed by atoms with Crippen LogP contribution in [0.15, 0.2) is 40.3 Å². The lowest BCUT2D eigenvalue weighted by molar-refractivity contribution is -0.143. The molecular weight excluding hydrogens is 342 g/mol. The zero-order valence-electron chi connectivity index (χ0n) is 14.0. The molecule has 2 rings (SSSR count). The van der Waals surface area contributed by atoms with Crippen molar-refractivity contribution in [1.29, 1.82) is 0 Å². The highest BCUT2D eigenvalue weighted by Gasteiger charge is 2.33. The first-order chi connectivity index (χ1) is 12.0. The Labute approximate surface area is 150 Å². The van der Waals surface area contributed by atoms with Crippen molar-refractivity contribution in [3.8, 4) is 0 Å². The topological polar surface area (TPSA) is 97.2 Å². The Kier molecular flexibility index (Phi) is 6.88. The second-order valence-corrected chi connectivity index (χ2v) is 6.22. The highest BCUT2D eigenvalue weighted by atomic mass is 32.2. The van der Waals surface area contributed by atoms with E-state index in [-0.39, 0.29) is 23.3 Å². The Morgan fingerprint density at radius 2 is 1.96 bits per heavy atom. The zero-order chi connectivity index (χ0) is 18.2. The van der Waals surface area contributed by atoms with Gasteiger partial charge in [0.05, 0.1) is 17.4 Å². The van der Waals surface area contributed by atoms with Gasteiger partial charge in [0.2, 0.25) is 5.91 Å². The molecule has 1 aromatic rings. The summed E-state index contributed by atoms with van der Waals surface area (Å²) in [5.41, 5.74) is 1.31. The number of hydrogen-bond donors (Lipinski definition) is 1. The van der Waals surface area contributed by atoms with Crippen LogP contribution >= 0.6 is 11.8 Å². The van der Waals surface area contributed by atoms with Gasteiger partial charge >= 0.3 is 12.0 Å². The number of hydrogen-bond acceptors (Lipinski definition) is 5. The Bertz CT molecular complexity index is 716. The van der Waals surface area contributed by atoms with E-state index in [1.165, 1.54) is 0 Å². The van der Waals surface area contributed by atoms with E-state index in [4.69, 9.17) is 4.74 Å². The normalized spacial score (nSPS) is 16.7. The van der Waals surface area contributed by atoms with Crippen LogP contribution in [0.4, 0.5) is 4.79 Å². The van der Waals surface area contributed by atoms with Gasteiger partial charge < -0.3 is 10.1 Å². The first-order valence-electron chi connectivity index (χ1n) is 7.79. The van der Waals surface area contributed by atoms with Gasteiger partial charge in [-0.3, -0.25) is 9.59 Å². The number of carbonyl (C=O) groups is 3. The number of carbonyl (C=O) groups excluding carboxylic acids is 3. The molecule has 0 saturated carbocycles. The summed E-state index contributed by atoms with van der Waals surface area (Å²) < 4.78 is 5.00. The van der Waals surface area contributed by atoms with E-state index < -0.39 is 17.9 Å². The van der Waals surface area contributed by atoms with Crippen LogP contribution in [-0.2, 0) is 20.9 Å². The molecule has 1 N–H and O–H groups in total. The molecule has 8 heteroatoms. The molecule has 7 nitrogen and oxygen atoms in total. The molecule has 1 aromatic carbocycles. The largest absolute Gasteiger partial charge is 0.465 e. The smallest absolute Gasteiger partial charge is 0.367 e. The summed E-state index contributed by atoms with van der Waals surface area (Å²) in [7, 11) is 0. The van der Waals surface area contributed by atoms with Crippen molar-refractivity contribution in [3.05, 3.63) is 35.9 Å². The SMILES string of the molecule is CCOC(=O)C1C(C)=NC(=O)N=C1SCC(=O)NCc1ccccc1. The minimum absolute atomic E-state index is 0.0438. The highest BCUT2D eigenvalue weighted by Crippen LogP contribution is 2.21. The van der Waals surface area contributed by atoms with Crippen LogP contribution in [0, 0.1) is 5.92 Å². The van der Waals surface area contributed by atoms with Crippen molar-refractivity contribution in [3.63, 3.8) is 0 Å². The van der Waals surface area contributed by atoms with E-state index in [1.807, 2.05) is 30.3 Å². The van der Waals surface area contributed by atoms with E-state index >= 15 is 0 Å². The number of ether oxygens (including phenoxy) is 1. The molecule has 0 bridgehead atoms. The first kappa shape index (κ1) is 18.9. The molecular formula is C17H19N3O4S. The number of benzene rings is 1. The highest BCUT2D eigenvalue weighted by molar-refractivity contribution is 8.14. The predicted octanol–water partition coefficient (Wildman–Crippen LogP) is 2.21. The van der Waals surface area contributed by atoms with Crippen molar-refractivity contribution < 1.29 is 19.1 Å². The Hall–Kier alpha value is -2.48. The Balaban J connectivity index is 1.93. The van der Waals surface area contributed by atoms with Crippen LogP contribution in [0.3, 0.4) is 0 Å². The van der Waals surface area contributed by atoms with Crippen LogP contribution in [0.1, 0.15) is 19.4 Å². The molecule has 1 heterocycles. The third-order valence-corrected chi connectivity index (χ3v) is 4.38. The second-order valence-electron chi connectivity index (χ2n) is 5.22. The quantitative estimate of drug-likeness (QED) is 0.784. The van der Waals surface area contributed by atoms with Crippen molar-refractivity contribution in [1.82, 2.24) is 5.32 Å². The lowest BCUT2D eigenvalue weighted by Crippen LogP contribution is -2.35. The molecule has 1 atom stereocenters. The van der Waals surface area contributed by atoms with E-state index in [0.717, 1.165) is 17.3 Å². The molecule has 0 radical (unpaired) electrons. The first-order valence-corrected chi connectivity index (χ1v) is 8.77. The zero-order valence-corrected chi connectivity index (χ0v) is 14.8. The fourth-order valence-corrected chi connectivity index (χ4v) is 3.13. The maximum atomic E-state index is 12.1. The number of rotatable bonds is 6. The van der Waals surface area contributed by atoms with Gasteiger partial charge in [0, 0.05) is 12.3 Å². The van der Waals surface area contributed by atoms with Crippen LogP contribution in [0.2, 0.25) is 0 Å². The van der Waals surface area contributed by atoms with Gasteiger partial charge in [0.1, 0.15) is 5.92 Å². The summed E-state index contributed by atoms with van der Waals surface area (Å²) in [5.74, 6) is -1.52. The Morgan fingerprint density at radius 1 is 1.24 bits per heavy atom. The maximum Gasteiger partial charge on any atom is 0.367 e. The van der Waals surface area contributed by atoms with Gasteiger partial charge in [0.15, 0.2) is 0 Å². The van der Waals surface area contributed by atoms with Gasteiger partial charge in [-0.05, 0) is 19.4 Å². The second kappa shape index (κ2) is 9.12. The van der Waals surface area contributed by atoms with Crippen molar-refractivity contribution in [2.75, 3.05) is 12.4 Å². The molecule has 0 saturated heterocycles. The minimum Gasteiger partial charge on any atom is -0.465 e.